The molecule has 0 aliphatic rings. The van der Waals surface area contributed by atoms with Gasteiger partial charge in [0.2, 0.25) is 0 Å². The lowest BCUT2D eigenvalue weighted by Crippen LogP contribution is -2.06. The SMILES string of the molecule is CCCC(=O)CC(=O)OF. The molecule has 0 bridgehead atoms. The third kappa shape index (κ3) is 4.00. The predicted octanol–water partition coefficient (Wildman–Crippen LogP) is 1.17. The van der Waals surface area contributed by atoms with E-state index in [1.165, 1.54) is 0 Å². The van der Waals surface area contributed by atoms with Gasteiger partial charge < -0.3 is 0 Å². The highest BCUT2D eigenvalue weighted by Crippen LogP contribution is 1.95. The molecule has 0 unspecified atom stereocenters. The fraction of sp³-hybridized carbons (Fsp3) is 0.667. The Morgan fingerprint density at radius 2 is 2.10 bits per heavy atom. The van der Waals surface area contributed by atoms with Crippen LogP contribution in [-0.2, 0) is 14.5 Å². The summed E-state index contributed by atoms with van der Waals surface area (Å²) in [5.41, 5.74) is 0. The minimum absolute atomic E-state index is 0.287. The largest absolute Gasteiger partial charge is 0.356 e. The summed E-state index contributed by atoms with van der Waals surface area (Å²) in [5, 5.41) is 0. The molecule has 0 aromatic heterocycles. The van der Waals surface area contributed by atoms with Gasteiger partial charge in [-0.25, -0.2) is 4.79 Å². The Bertz CT molecular complexity index is 133. The van der Waals surface area contributed by atoms with E-state index < -0.39 is 12.4 Å². The second-order valence-electron chi connectivity index (χ2n) is 1.91. The summed E-state index contributed by atoms with van der Waals surface area (Å²) < 4.78 is 11.0. The van der Waals surface area contributed by atoms with Crippen molar-refractivity contribution in [1.82, 2.24) is 0 Å². The quantitative estimate of drug-likeness (QED) is 0.562. The molecule has 58 valence electrons. The van der Waals surface area contributed by atoms with Crippen molar-refractivity contribution in [3.63, 3.8) is 0 Å². The van der Waals surface area contributed by atoms with E-state index in [0.29, 0.717) is 12.8 Å². The topological polar surface area (TPSA) is 43.4 Å². The minimum Gasteiger partial charge on any atom is -0.299 e. The Hall–Kier alpha value is -0.930. The third-order valence-corrected chi connectivity index (χ3v) is 0.956. The fourth-order valence-electron chi connectivity index (χ4n) is 0.555. The van der Waals surface area contributed by atoms with Crippen molar-refractivity contribution in [2.75, 3.05) is 0 Å². The van der Waals surface area contributed by atoms with Gasteiger partial charge in [0.05, 0.1) is 0 Å². The van der Waals surface area contributed by atoms with Crippen molar-refractivity contribution in [1.29, 1.82) is 0 Å². The zero-order valence-corrected chi connectivity index (χ0v) is 5.72. The number of carbonyl (C=O) groups excluding carboxylic acids is 2. The Kier molecular flexibility index (Phi) is 4.45. The summed E-state index contributed by atoms with van der Waals surface area (Å²) in [7, 11) is 0. The zero-order valence-electron chi connectivity index (χ0n) is 5.72. The summed E-state index contributed by atoms with van der Waals surface area (Å²) in [6, 6.07) is 0. The molecule has 0 amide bonds. The Labute approximate surface area is 58.1 Å². The van der Waals surface area contributed by atoms with Crippen LogP contribution in [0.2, 0.25) is 0 Å². The van der Waals surface area contributed by atoms with Gasteiger partial charge in [0.15, 0.2) is 0 Å². The van der Waals surface area contributed by atoms with E-state index in [-0.39, 0.29) is 5.78 Å². The second kappa shape index (κ2) is 4.90. The first-order valence-electron chi connectivity index (χ1n) is 3.03. The van der Waals surface area contributed by atoms with Crippen LogP contribution in [0.4, 0.5) is 4.53 Å². The summed E-state index contributed by atoms with van der Waals surface area (Å²) in [4.78, 5) is 23.4. The lowest BCUT2D eigenvalue weighted by Gasteiger charge is -1.92. The molecule has 0 fully saturated rings. The van der Waals surface area contributed by atoms with Crippen molar-refractivity contribution in [2.45, 2.75) is 26.2 Å². The molecule has 0 N–H and O–H groups in total. The van der Waals surface area contributed by atoms with Gasteiger partial charge in [-0.2, -0.15) is 0 Å². The monoisotopic (exact) mass is 148 g/mol. The predicted molar refractivity (Wildman–Crippen MR) is 31.7 cm³/mol. The molecule has 4 heteroatoms. The number of Topliss-reactive ketones (excluding diaryl/α,β-unsaturated/α-hetero) is 1. The van der Waals surface area contributed by atoms with Crippen LogP contribution in [0.5, 0.6) is 0 Å². The number of ketones is 1. The van der Waals surface area contributed by atoms with Gasteiger partial charge >= 0.3 is 5.97 Å². The van der Waals surface area contributed by atoms with Gasteiger partial charge in [-0.1, -0.05) is 6.92 Å². The Balaban J connectivity index is 3.47. The van der Waals surface area contributed by atoms with Crippen LogP contribution in [0.3, 0.4) is 0 Å². The Morgan fingerprint density at radius 1 is 1.50 bits per heavy atom. The summed E-state index contributed by atoms with van der Waals surface area (Å²) >= 11 is 0. The van der Waals surface area contributed by atoms with Crippen molar-refractivity contribution in [2.24, 2.45) is 0 Å². The zero-order chi connectivity index (χ0) is 7.98. The fourth-order valence-corrected chi connectivity index (χ4v) is 0.555. The smallest absolute Gasteiger partial charge is 0.299 e. The number of halogens is 1. The molecule has 0 spiro atoms. The number of hydrogen-bond acceptors (Lipinski definition) is 3. The molecule has 0 radical (unpaired) electrons. The molecule has 0 aromatic rings. The third-order valence-electron chi connectivity index (χ3n) is 0.956. The molecular weight excluding hydrogens is 139 g/mol. The molecular formula is C6H9FO3. The molecule has 0 aliphatic carbocycles. The van der Waals surface area contributed by atoms with E-state index in [9.17, 15) is 14.1 Å². The first-order chi connectivity index (χ1) is 4.70. The lowest BCUT2D eigenvalue weighted by atomic mass is 10.2. The molecule has 0 heterocycles. The number of carbonyl (C=O) groups is 2. The molecule has 0 atom stereocenters. The van der Waals surface area contributed by atoms with Gasteiger partial charge in [-0.05, 0) is 6.42 Å². The maximum atomic E-state index is 11.0. The molecule has 3 nitrogen and oxygen atoms in total. The second-order valence-corrected chi connectivity index (χ2v) is 1.91. The molecule has 0 rings (SSSR count). The van der Waals surface area contributed by atoms with E-state index in [2.05, 4.69) is 4.94 Å². The van der Waals surface area contributed by atoms with Crippen LogP contribution >= 0.6 is 0 Å². The van der Waals surface area contributed by atoms with Gasteiger partial charge in [0.25, 0.3) is 0 Å². The van der Waals surface area contributed by atoms with Crippen molar-refractivity contribution in [3.05, 3.63) is 0 Å². The van der Waals surface area contributed by atoms with Crippen LogP contribution in [0, 0.1) is 0 Å². The van der Waals surface area contributed by atoms with E-state index >= 15 is 0 Å². The summed E-state index contributed by atoms with van der Waals surface area (Å²) in [6.07, 6.45) is 0.512. The van der Waals surface area contributed by atoms with Crippen LogP contribution in [0.15, 0.2) is 0 Å². The van der Waals surface area contributed by atoms with Crippen LogP contribution in [0.1, 0.15) is 26.2 Å². The van der Waals surface area contributed by atoms with E-state index in [1.807, 2.05) is 0 Å². The summed E-state index contributed by atoms with van der Waals surface area (Å²) in [5.74, 6) is -1.40. The number of rotatable bonds is 4. The van der Waals surface area contributed by atoms with Gasteiger partial charge in [0, 0.05) is 10.9 Å². The normalized spacial score (nSPS) is 9.00. The molecule has 0 aromatic carbocycles. The lowest BCUT2D eigenvalue weighted by molar-refractivity contribution is -0.183. The van der Waals surface area contributed by atoms with Crippen LogP contribution < -0.4 is 0 Å². The highest BCUT2D eigenvalue weighted by molar-refractivity contribution is 5.95. The van der Waals surface area contributed by atoms with Crippen molar-refractivity contribution < 1.29 is 19.1 Å². The average molecular weight is 148 g/mol. The first kappa shape index (κ1) is 9.07. The maximum absolute atomic E-state index is 11.0. The van der Waals surface area contributed by atoms with Crippen molar-refractivity contribution in [3.8, 4) is 0 Å². The highest BCUT2D eigenvalue weighted by atomic mass is 19.3. The summed E-state index contributed by atoms with van der Waals surface area (Å²) in [6.45, 7) is 1.80. The molecule has 0 saturated carbocycles. The van der Waals surface area contributed by atoms with E-state index in [4.69, 9.17) is 0 Å². The first-order valence-corrected chi connectivity index (χ1v) is 3.03. The minimum atomic E-state index is -1.11. The number of hydrogen-bond donors (Lipinski definition) is 0. The molecule has 0 saturated heterocycles. The molecule has 0 aliphatic heterocycles. The van der Waals surface area contributed by atoms with Gasteiger partial charge in [0.1, 0.15) is 12.2 Å². The van der Waals surface area contributed by atoms with E-state index in [0.717, 1.165) is 0 Å². The van der Waals surface area contributed by atoms with Crippen molar-refractivity contribution >= 4 is 11.8 Å². The average Bonchev–Trinajstić information content (AvgIpc) is 1.88. The van der Waals surface area contributed by atoms with Gasteiger partial charge in [-0.15, -0.1) is 0 Å². The van der Waals surface area contributed by atoms with Gasteiger partial charge in [-0.3, -0.25) is 9.74 Å². The molecule has 10 heavy (non-hydrogen) atoms. The van der Waals surface area contributed by atoms with Crippen LogP contribution in [0.25, 0.3) is 0 Å². The maximum Gasteiger partial charge on any atom is 0.356 e. The highest BCUT2D eigenvalue weighted by Gasteiger charge is 2.09. The van der Waals surface area contributed by atoms with Crippen LogP contribution in [-0.4, -0.2) is 11.8 Å². The Morgan fingerprint density at radius 3 is 2.50 bits per heavy atom. The van der Waals surface area contributed by atoms with E-state index in [1.54, 1.807) is 6.92 Å². The standard InChI is InChI=1S/C6H9FO3/c1-2-3-5(8)4-6(9)10-7/h2-4H2,1H3.